The molecule has 1 heterocycles. The van der Waals surface area contributed by atoms with E-state index in [1.54, 1.807) is 0 Å². The van der Waals surface area contributed by atoms with Crippen LogP contribution in [0.25, 0.3) is 0 Å². The van der Waals surface area contributed by atoms with Crippen LogP contribution in [0, 0.1) is 13.8 Å². The zero-order chi connectivity index (χ0) is 18.4. The number of carbonyl (C=O) groups is 2. The molecule has 0 saturated carbocycles. The van der Waals surface area contributed by atoms with Crippen LogP contribution in [0.5, 0.6) is 5.75 Å². The van der Waals surface area contributed by atoms with Crippen LogP contribution >= 0.6 is 23.1 Å². The summed E-state index contributed by atoms with van der Waals surface area (Å²) in [4.78, 5) is 26.1. The molecule has 0 fully saturated rings. The molecule has 1 aromatic carbocycles. The van der Waals surface area contributed by atoms with Crippen LogP contribution in [-0.4, -0.2) is 31.3 Å². The van der Waals surface area contributed by atoms with Crippen LogP contribution < -0.4 is 10.1 Å². The smallest absolute Gasteiger partial charge is 0.341 e. The van der Waals surface area contributed by atoms with E-state index in [-0.39, 0.29) is 11.7 Å². The summed E-state index contributed by atoms with van der Waals surface area (Å²) in [5, 5.41) is 3.36. The number of nitrogens with one attached hydrogen (secondary N) is 1. The molecule has 0 bridgehead atoms. The van der Waals surface area contributed by atoms with Crippen molar-refractivity contribution in [2.75, 3.05) is 24.8 Å². The SMILES string of the molecule is CCOc1ccc(SCC(=O)Nc2sc(C)c(C)c2C(=O)OC)cc1. The minimum atomic E-state index is -0.434. The number of hydrogen-bond donors (Lipinski definition) is 1. The van der Waals surface area contributed by atoms with Gasteiger partial charge in [0.1, 0.15) is 10.8 Å². The Labute approximate surface area is 155 Å². The van der Waals surface area contributed by atoms with Crippen molar-refractivity contribution in [2.24, 2.45) is 0 Å². The molecule has 0 atom stereocenters. The third-order valence-electron chi connectivity index (χ3n) is 3.53. The lowest BCUT2D eigenvalue weighted by atomic mass is 10.1. The summed E-state index contributed by atoms with van der Waals surface area (Å²) in [7, 11) is 1.34. The average molecular weight is 380 g/mol. The number of carbonyl (C=O) groups excluding carboxylic acids is 2. The normalized spacial score (nSPS) is 10.4. The number of methoxy groups -OCH3 is 1. The molecule has 1 N–H and O–H groups in total. The quantitative estimate of drug-likeness (QED) is 0.574. The molecule has 0 unspecified atom stereocenters. The number of thiophene rings is 1. The number of esters is 1. The predicted octanol–water partition coefficient (Wildman–Crippen LogP) is 4.28. The fraction of sp³-hybridized carbons (Fsp3) is 0.333. The highest BCUT2D eigenvalue weighted by molar-refractivity contribution is 8.00. The first-order chi connectivity index (χ1) is 12.0. The Bertz CT molecular complexity index is 753. The Morgan fingerprint density at radius 3 is 2.48 bits per heavy atom. The van der Waals surface area contributed by atoms with Crippen molar-refractivity contribution in [1.82, 2.24) is 0 Å². The highest BCUT2D eigenvalue weighted by Gasteiger charge is 2.21. The first-order valence-corrected chi connectivity index (χ1v) is 9.60. The topological polar surface area (TPSA) is 64.6 Å². The van der Waals surface area contributed by atoms with Gasteiger partial charge in [-0.05, 0) is 50.6 Å². The van der Waals surface area contributed by atoms with Gasteiger partial charge in [-0.3, -0.25) is 4.79 Å². The first-order valence-electron chi connectivity index (χ1n) is 7.80. The molecule has 25 heavy (non-hydrogen) atoms. The van der Waals surface area contributed by atoms with E-state index in [1.165, 1.54) is 30.2 Å². The maximum absolute atomic E-state index is 12.2. The van der Waals surface area contributed by atoms with Gasteiger partial charge in [0.25, 0.3) is 0 Å². The van der Waals surface area contributed by atoms with Gasteiger partial charge in [-0.1, -0.05) is 0 Å². The zero-order valence-electron chi connectivity index (χ0n) is 14.7. The molecule has 0 radical (unpaired) electrons. The van der Waals surface area contributed by atoms with Gasteiger partial charge in [0, 0.05) is 9.77 Å². The average Bonchev–Trinajstić information content (AvgIpc) is 2.88. The van der Waals surface area contributed by atoms with Crippen molar-refractivity contribution in [2.45, 2.75) is 25.7 Å². The summed E-state index contributed by atoms with van der Waals surface area (Å²) in [6.07, 6.45) is 0. The van der Waals surface area contributed by atoms with Crippen LogP contribution in [0.3, 0.4) is 0 Å². The molecule has 0 spiro atoms. The van der Waals surface area contributed by atoms with Crippen molar-refractivity contribution in [1.29, 1.82) is 0 Å². The molecular weight excluding hydrogens is 358 g/mol. The lowest BCUT2D eigenvalue weighted by Gasteiger charge is -2.07. The molecule has 1 aromatic heterocycles. The molecule has 0 aliphatic carbocycles. The number of aryl methyl sites for hydroxylation is 1. The van der Waals surface area contributed by atoms with E-state index < -0.39 is 5.97 Å². The number of thioether (sulfide) groups is 1. The van der Waals surface area contributed by atoms with Crippen LogP contribution in [0.1, 0.15) is 27.7 Å². The van der Waals surface area contributed by atoms with E-state index in [9.17, 15) is 9.59 Å². The first kappa shape index (κ1) is 19.3. The van der Waals surface area contributed by atoms with Crippen molar-refractivity contribution in [3.63, 3.8) is 0 Å². The summed E-state index contributed by atoms with van der Waals surface area (Å²) in [6.45, 7) is 6.32. The monoisotopic (exact) mass is 379 g/mol. The molecule has 134 valence electrons. The number of anilines is 1. The second-order valence-corrected chi connectivity index (χ2v) is 7.49. The fourth-order valence-corrected chi connectivity index (χ4v) is 3.94. The fourth-order valence-electron chi connectivity index (χ4n) is 2.17. The number of ether oxygens (including phenoxy) is 2. The number of benzene rings is 1. The molecule has 2 rings (SSSR count). The molecule has 1 amide bonds. The van der Waals surface area contributed by atoms with Crippen molar-refractivity contribution < 1.29 is 19.1 Å². The second-order valence-electron chi connectivity index (χ2n) is 5.22. The van der Waals surface area contributed by atoms with Crippen LogP contribution in [0.15, 0.2) is 29.2 Å². The Morgan fingerprint density at radius 1 is 1.20 bits per heavy atom. The number of amides is 1. The Hall–Kier alpha value is -1.99. The van der Waals surface area contributed by atoms with Crippen molar-refractivity contribution >= 4 is 40.0 Å². The molecule has 7 heteroatoms. The van der Waals surface area contributed by atoms with Gasteiger partial charge in [0.2, 0.25) is 5.91 Å². The van der Waals surface area contributed by atoms with Crippen LogP contribution in [-0.2, 0) is 9.53 Å². The summed E-state index contributed by atoms with van der Waals surface area (Å²) < 4.78 is 10.2. The summed E-state index contributed by atoms with van der Waals surface area (Å²) in [5.74, 6) is 0.468. The van der Waals surface area contributed by atoms with E-state index >= 15 is 0 Å². The van der Waals surface area contributed by atoms with Gasteiger partial charge in [-0.25, -0.2) is 4.79 Å². The predicted molar refractivity (Wildman–Crippen MR) is 102 cm³/mol. The maximum atomic E-state index is 12.2. The molecule has 0 aliphatic rings. The molecule has 5 nitrogen and oxygen atoms in total. The van der Waals surface area contributed by atoms with E-state index in [4.69, 9.17) is 9.47 Å². The second kappa shape index (κ2) is 8.92. The number of hydrogen-bond acceptors (Lipinski definition) is 6. The Morgan fingerprint density at radius 2 is 1.88 bits per heavy atom. The van der Waals surface area contributed by atoms with Gasteiger partial charge in [0.05, 0.1) is 25.0 Å². The van der Waals surface area contributed by atoms with Gasteiger partial charge < -0.3 is 14.8 Å². The van der Waals surface area contributed by atoms with Crippen LogP contribution in [0.4, 0.5) is 5.00 Å². The van der Waals surface area contributed by atoms with Gasteiger partial charge >= 0.3 is 5.97 Å². The van der Waals surface area contributed by atoms with E-state index in [0.29, 0.717) is 17.2 Å². The third-order valence-corrected chi connectivity index (χ3v) is 5.67. The molecule has 0 aliphatic heterocycles. The third kappa shape index (κ3) is 4.99. The highest BCUT2D eigenvalue weighted by Crippen LogP contribution is 2.33. The van der Waals surface area contributed by atoms with E-state index in [2.05, 4.69) is 5.32 Å². The van der Waals surface area contributed by atoms with Crippen molar-refractivity contribution in [3.8, 4) is 5.75 Å². The highest BCUT2D eigenvalue weighted by atomic mass is 32.2. The molecule has 2 aromatic rings. The van der Waals surface area contributed by atoms with Crippen LogP contribution in [0.2, 0.25) is 0 Å². The summed E-state index contributed by atoms with van der Waals surface area (Å²) >= 11 is 2.81. The minimum absolute atomic E-state index is 0.162. The van der Waals surface area contributed by atoms with Crippen molar-refractivity contribution in [3.05, 3.63) is 40.3 Å². The zero-order valence-corrected chi connectivity index (χ0v) is 16.3. The standard InChI is InChI=1S/C18H21NO4S2/c1-5-23-13-6-8-14(9-7-13)24-10-15(20)19-17-16(18(21)22-4)11(2)12(3)25-17/h6-9H,5,10H2,1-4H3,(H,19,20). The molecular formula is C18H21NO4S2. The number of rotatable bonds is 7. The summed E-state index contributed by atoms with van der Waals surface area (Å²) in [5.41, 5.74) is 1.27. The maximum Gasteiger partial charge on any atom is 0.341 e. The van der Waals surface area contributed by atoms with Gasteiger partial charge in [-0.2, -0.15) is 0 Å². The minimum Gasteiger partial charge on any atom is -0.494 e. The lowest BCUT2D eigenvalue weighted by molar-refractivity contribution is -0.113. The Balaban J connectivity index is 1.98. The van der Waals surface area contributed by atoms with Gasteiger partial charge in [0.15, 0.2) is 0 Å². The van der Waals surface area contributed by atoms with E-state index in [0.717, 1.165) is 21.1 Å². The largest absolute Gasteiger partial charge is 0.494 e. The summed E-state index contributed by atoms with van der Waals surface area (Å²) in [6, 6.07) is 7.60. The molecule has 0 saturated heterocycles. The van der Waals surface area contributed by atoms with Gasteiger partial charge in [-0.15, -0.1) is 23.1 Å². The lowest BCUT2D eigenvalue weighted by Crippen LogP contribution is -2.16. The van der Waals surface area contributed by atoms with E-state index in [1.807, 2.05) is 45.0 Å². The Kier molecular flexibility index (Phi) is 6.90.